The van der Waals surface area contributed by atoms with E-state index in [1.165, 1.54) is 0 Å². The molecule has 158 valence electrons. The average molecular weight is 405 g/mol. The number of halogens is 2. The molecule has 0 amide bonds. The first-order valence-corrected chi connectivity index (χ1v) is 9.95. The van der Waals surface area contributed by atoms with Crippen LogP contribution in [0.2, 0.25) is 0 Å². The molecule has 0 aliphatic carbocycles. The topological polar surface area (TPSA) is 41.7 Å². The minimum atomic E-state index is -1.60. The quantitative estimate of drug-likeness (QED) is 0.578. The third-order valence-electron chi connectivity index (χ3n) is 5.20. The summed E-state index contributed by atoms with van der Waals surface area (Å²) in [6, 6.07) is 15.3. The molecule has 0 saturated carbocycles. The van der Waals surface area contributed by atoms with Gasteiger partial charge in [-0.2, -0.15) is 0 Å². The standard InChI is InChI=1S/C23H29F2NO3/c1-23(2,17-3-7-21(8-4-17)28-15-19(25)13-24)18-5-9-22(10-6-18)29-16-20(27)14-26-11-12-26/h3-10,19-20,27H,11-16H2,1-2H3. The molecule has 0 aromatic heterocycles. The monoisotopic (exact) mass is 405 g/mol. The predicted octanol–water partition coefficient (Wildman–Crippen LogP) is 3.75. The van der Waals surface area contributed by atoms with Gasteiger partial charge in [0, 0.05) is 25.0 Å². The maximum Gasteiger partial charge on any atom is 0.162 e. The lowest BCUT2D eigenvalue weighted by Crippen LogP contribution is -2.26. The molecule has 0 bridgehead atoms. The Kier molecular flexibility index (Phi) is 7.09. The molecule has 6 heteroatoms. The van der Waals surface area contributed by atoms with Gasteiger partial charge in [-0.15, -0.1) is 0 Å². The molecular weight excluding hydrogens is 376 g/mol. The zero-order valence-electron chi connectivity index (χ0n) is 17.0. The third-order valence-corrected chi connectivity index (χ3v) is 5.20. The molecule has 2 aromatic rings. The second-order valence-corrected chi connectivity index (χ2v) is 8.00. The first-order valence-electron chi connectivity index (χ1n) is 9.95. The van der Waals surface area contributed by atoms with Gasteiger partial charge in [0.2, 0.25) is 0 Å². The Labute approximate surface area is 171 Å². The van der Waals surface area contributed by atoms with E-state index in [1.807, 2.05) is 36.4 Å². The van der Waals surface area contributed by atoms with E-state index in [-0.39, 0.29) is 18.6 Å². The highest BCUT2D eigenvalue weighted by atomic mass is 19.2. The highest BCUT2D eigenvalue weighted by molar-refractivity contribution is 5.41. The molecule has 2 aromatic carbocycles. The molecule has 2 unspecified atom stereocenters. The van der Waals surface area contributed by atoms with Crippen molar-refractivity contribution in [3.8, 4) is 11.5 Å². The van der Waals surface area contributed by atoms with Crippen molar-refractivity contribution >= 4 is 0 Å². The largest absolute Gasteiger partial charge is 0.491 e. The summed E-state index contributed by atoms with van der Waals surface area (Å²) in [6.45, 7) is 5.97. The van der Waals surface area contributed by atoms with Gasteiger partial charge in [0.05, 0.1) is 0 Å². The molecule has 1 saturated heterocycles. The van der Waals surface area contributed by atoms with Crippen LogP contribution in [0, 0.1) is 0 Å². The molecule has 1 heterocycles. The van der Waals surface area contributed by atoms with Gasteiger partial charge in [-0.05, 0) is 35.4 Å². The Morgan fingerprint density at radius 1 is 0.931 bits per heavy atom. The van der Waals surface area contributed by atoms with Crippen LogP contribution in [0.5, 0.6) is 11.5 Å². The van der Waals surface area contributed by atoms with Crippen molar-refractivity contribution < 1.29 is 23.4 Å². The summed E-state index contributed by atoms with van der Waals surface area (Å²) in [7, 11) is 0. The average Bonchev–Trinajstić information content (AvgIpc) is 3.55. The summed E-state index contributed by atoms with van der Waals surface area (Å²) >= 11 is 0. The SMILES string of the molecule is CC(C)(c1ccc(OCC(O)CN2CC2)cc1)c1ccc(OCC(F)CF)cc1. The fourth-order valence-corrected chi connectivity index (χ4v) is 3.13. The molecular formula is C23H29F2NO3. The van der Waals surface area contributed by atoms with Crippen molar-refractivity contribution in [2.75, 3.05) is 39.5 Å². The molecule has 1 aliphatic heterocycles. The van der Waals surface area contributed by atoms with E-state index in [0.29, 0.717) is 12.3 Å². The summed E-state index contributed by atoms with van der Waals surface area (Å²) in [4.78, 5) is 2.16. The zero-order chi connectivity index (χ0) is 20.9. The van der Waals surface area contributed by atoms with Gasteiger partial charge < -0.3 is 14.6 Å². The third kappa shape index (κ3) is 6.15. The molecule has 1 N–H and O–H groups in total. The van der Waals surface area contributed by atoms with Crippen LogP contribution < -0.4 is 9.47 Å². The first-order chi connectivity index (χ1) is 13.9. The lowest BCUT2D eigenvalue weighted by atomic mass is 9.78. The van der Waals surface area contributed by atoms with Gasteiger partial charge in [0.15, 0.2) is 6.17 Å². The van der Waals surface area contributed by atoms with Crippen molar-refractivity contribution in [1.29, 1.82) is 0 Å². The second-order valence-electron chi connectivity index (χ2n) is 8.00. The number of alkyl halides is 2. The minimum Gasteiger partial charge on any atom is -0.491 e. The minimum absolute atomic E-state index is 0.253. The van der Waals surface area contributed by atoms with Crippen molar-refractivity contribution in [2.45, 2.75) is 31.5 Å². The number of hydrogen-bond acceptors (Lipinski definition) is 4. The van der Waals surface area contributed by atoms with Gasteiger partial charge in [0.25, 0.3) is 0 Å². The van der Waals surface area contributed by atoms with E-state index in [2.05, 4.69) is 18.7 Å². The highest BCUT2D eigenvalue weighted by Crippen LogP contribution is 2.33. The first kappa shape index (κ1) is 21.5. The van der Waals surface area contributed by atoms with Crippen LogP contribution >= 0.6 is 0 Å². The van der Waals surface area contributed by atoms with E-state index in [1.54, 1.807) is 12.1 Å². The number of nitrogens with zero attached hydrogens (tertiary/aromatic N) is 1. The van der Waals surface area contributed by atoms with Gasteiger partial charge in [0.1, 0.15) is 37.5 Å². The second kappa shape index (κ2) is 9.55. The molecule has 4 nitrogen and oxygen atoms in total. The number of aliphatic hydroxyl groups excluding tert-OH is 1. The molecule has 0 radical (unpaired) electrons. The van der Waals surface area contributed by atoms with Crippen molar-refractivity contribution in [3.05, 3.63) is 59.7 Å². The highest BCUT2D eigenvalue weighted by Gasteiger charge is 2.24. The van der Waals surface area contributed by atoms with Crippen LogP contribution in [0.4, 0.5) is 8.78 Å². The van der Waals surface area contributed by atoms with Crippen molar-refractivity contribution in [3.63, 3.8) is 0 Å². The number of benzene rings is 2. The molecule has 2 atom stereocenters. The maximum atomic E-state index is 13.0. The van der Waals surface area contributed by atoms with Gasteiger partial charge in [-0.25, -0.2) is 8.78 Å². The van der Waals surface area contributed by atoms with E-state index in [9.17, 15) is 13.9 Å². The molecule has 1 aliphatic rings. The molecule has 1 fully saturated rings. The summed E-state index contributed by atoms with van der Waals surface area (Å²) in [5.41, 5.74) is 1.94. The Morgan fingerprint density at radius 2 is 1.41 bits per heavy atom. The zero-order valence-corrected chi connectivity index (χ0v) is 17.0. The Balaban J connectivity index is 1.57. The predicted molar refractivity (Wildman–Crippen MR) is 109 cm³/mol. The molecule has 0 spiro atoms. The van der Waals surface area contributed by atoms with Crippen LogP contribution in [-0.2, 0) is 5.41 Å². The lowest BCUT2D eigenvalue weighted by Gasteiger charge is -2.26. The van der Waals surface area contributed by atoms with Gasteiger partial charge in [-0.1, -0.05) is 38.1 Å². The Morgan fingerprint density at radius 3 is 1.86 bits per heavy atom. The lowest BCUT2D eigenvalue weighted by molar-refractivity contribution is 0.0943. The fourth-order valence-electron chi connectivity index (χ4n) is 3.13. The fraction of sp³-hybridized carbons (Fsp3) is 0.478. The summed E-state index contributed by atoms with van der Waals surface area (Å²) in [6.07, 6.45) is -2.08. The normalized spacial score (nSPS) is 16.3. The smallest absolute Gasteiger partial charge is 0.162 e. The van der Waals surface area contributed by atoms with E-state index in [4.69, 9.17) is 9.47 Å². The summed E-state index contributed by atoms with van der Waals surface area (Å²) < 4.78 is 36.1. The van der Waals surface area contributed by atoms with Gasteiger partial charge >= 0.3 is 0 Å². The number of rotatable bonds is 11. The Hall–Kier alpha value is -2.18. The van der Waals surface area contributed by atoms with Crippen LogP contribution in [-0.4, -0.2) is 61.8 Å². The number of β-amino-alcohol motifs (C(OH)–C–C–N with tert-alkyl or cyclic N) is 1. The number of aliphatic hydroxyl groups is 1. The van der Waals surface area contributed by atoms with Crippen molar-refractivity contribution in [1.82, 2.24) is 4.90 Å². The summed E-state index contributed by atoms with van der Waals surface area (Å²) in [5.74, 6) is 1.25. The van der Waals surface area contributed by atoms with Crippen LogP contribution in [0.25, 0.3) is 0 Å². The van der Waals surface area contributed by atoms with Crippen LogP contribution in [0.15, 0.2) is 48.5 Å². The number of hydrogen-bond donors (Lipinski definition) is 1. The number of ether oxygens (including phenoxy) is 2. The van der Waals surface area contributed by atoms with Gasteiger partial charge in [-0.3, -0.25) is 4.90 Å². The van der Waals surface area contributed by atoms with E-state index >= 15 is 0 Å². The maximum absolute atomic E-state index is 13.0. The van der Waals surface area contributed by atoms with Crippen LogP contribution in [0.3, 0.4) is 0 Å². The van der Waals surface area contributed by atoms with Crippen molar-refractivity contribution in [2.24, 2.45) is 0 Å². The Bertz CT molecular complexity index is 761. The van der Waals surface area contributed by atoms with Crippen LogP contribution in [0.1, 0.15) is 25.0 Å². The molecule has 29 heavy (non-hydrogen) atoms. The van der Waals surface area contributed by atoms with E-state index < -0.39 is 19.0 Å². The molecule has 3 rings (SSSR count). The van der Waals surface area contributed by atoms with E-state index in [0.717, 1.165) is 30.0 Å². The summed E-state index contributed by atoms with van der Waals surface area (Å²) in [5, 5.41) is 9.94.